The van der Waals surface area contributed by atoms with Crippen molar-refractivity contribution in [3.8, 4) is 6.07 Å². The number of pyridine rings is 1. The smallest absolute Gasteiger partial charge is 0.407 e. The van der Waals surface area contributed by atoms with Crippen LogP contribution in [-0.4, -0.2) is 57.6 Å². The van der Waals surface area contributed by atoms with Crippen LogP contribution in [0.4, 0.5) is 10.5 Å². The van der Waals surface area contributed by atoms with Crippen LogP contribution in [0.2, 0.25) is 5.02 Å². The zero-order valence-corrected chi connectivity index (χ0v) is 17.5. The Morgan fingerprint density at radius 3 is 2.73 bits per heavy atom. The summed E-state index contributed by atoms with van der Waals surface area (Å²) >= 11 is 6.30. The third-order valence-corrected chi connectivity index (χ3v) is 5.44. The molecule has 0 spiro atoms. The second-order valence-electron chi connectivity index (χ2n) is 7.30. The second kappa shape index (κ2) is 9.11. The van der Waals surface area contributed by atoms with Crippen molar-refractivity contribution in [1.82, 2.24) is 14.8 Å². The van der Waals surface area contributed by atoms with E-state index in [1.807, 2.05) is 26.0 Å². The quantitative estimate of drug-likeness (QED) is 0.774. The number of anilines is 1. The molecule has 2 N–H and O–H groups in total. The van der Waals surface area contributed by atoms with Crippen molar-refractivity contribution in [2.24, 2.45) is 0 Å². The monoisotopic (exact) mass is 427 g/mol. The van der Waals surface area contributed by atoms with Crippen LogP contribution >= 0.6 is 11.6 Å². The van der Waals surface area contributed by atoms with Crippen molar-refractivity contribution in [2.45, 2.75) is 26.4 Å². The Hall–Kier alpha value is -3.15. The Morgan fingerprint density at radius 2 is 2.13 bits per heavy atom. The Labute approximate surface area is 179 Å². The standard InChI is InChI=1S/C21H22ClN5O3/c1-13-11-26(5-6-27(13)21(29)30)12-16-7-17(22)8-19(14(16)2)25-20(28)15-3-4-18(9-23)24-10-15/h3-4,7-8,10,13H,5-6,11-12H2,1-2H3,(H,25,28)(H,29,30)/t13-/m0/s1. The molecule has 156 valence electrons. The van der Waals surface area contributed by atoms with Crippen molar-refractivity contribution >= 4 is 29.3 Å². The van der Waals surface area contributed by atoms with E-state index in [9.17, 15) is 14.7 Å². The summed E-state index contributed by atoms with van der Waals surface area (Å²) in [6.45, 7) is 6.10. The highest BCUT2D eigenvalue weighted by atomic mass is 35.5. The second-order valence-corrected chi connectivity index (χ2v) is 7.73. The molecule has 3 rings (SSSR count). The zero-order chi connectivity index (χ0) is 21.8. The third-order valence-electron chi connectivity index (χ3n) is 5.22. The van der Waals surface area contributed by atoms with E-state index in [1.54, 1.807) is 12.1 Å². The maximum atomic E-state index is 12.6. The fraction of sp³-hybridized carbons (Fsp3) is 0.333. The number of piperazine rings is 1. The molecule has 2 heterocycles. The molecule has 0 radical (unpaired) electrons. The molecule has 1 aromatic heterocycles. The molecular weight excluding hydrogens is 406 g/mol. The normalized spacial score (nSPS) is 16.7. The van der Waals surface area contributed by atoms with Crippen LogP contribution in [0.25, 0.3) is 0 Å². The van der Waals surface area contributed by atoms with Crippen molar-refractivity contribution in [2.75, 3.05) is 25.0 Å². The minimum absolute atomic E-state index is 0.0983. The summed E-state index contributed by atoms with van der Waals surface area (Å²) in [7, 11) is 0. The summed E-state index contributed by atoms with van der Waals surface area (Å²) < 4.78 is 0. The molecular formula is C21H22ClN5O3. The van der Waals surface area contributed by atoms with Gasteiger partial charge >= 0.3 is 6.09 Å². The minimum atomic E-state index is -0.900. The molecule has 9 heteroatoms. The predicted octanol–water partition coefficient (Wildman–Crippen LogP) is 3.35. The number of nitriles is 1. The molecule has 1 aliphatic heterocycles. The molecule has 2 aromatic rings. The molecule has 2 amide bonds. The number of carbonyl (C=O) groups is 2. The van der Waals surface area contributed by atoms with E-state index >= 15 is 0 Å². The van der Waals surface area contributed by atoms with Gasteiger partial charge in [-0.2, -0.15) is 5.26 Å². The van der Waals surface area contributed by atoms with Gasteiger partial charge in [0, 0.05) is 49.1 Å². The van der Waals surface area contributed by atoms with Crippen LogP contribution in [0.15, 0.2) is 30.5 Å². The van der Waals surface area contributed by atoms with Crippen LogP contribution in [0.1, 0.15) is 34.1 Å². The van der Waals surface area contributed by atoms with Crippen LogP contribution < -0.4 is 5.32 Å². The van der Waals surface area contributed by atoms with Gasteiger partial charge in [0.05, 0.1) is 5.56 Å². The van der Waals surface area contributed by atoms with Gasteiger partial charge in [0.2, 0.25) is 0 Å². The molecule has 0 bridgehead atoms. The van der Waals surface area contributed by atoms with Gasteiger partial charge < -0.3 is 15.3 Å². The van der Waals surface area contributed by atoms with E-state index < -0.39 is 6.09 Å². The number of hydrogen-bond acceptors (Lipinski definition) is 5. The third kappa shape index (κ3) is 4.87. The maximum absolute atomic E-state index is 12.6. The summed E-state index contributed by atoms with van der Waals surface area (Å²) in [6.07, 6.45) is 0.459. The van der Waals surface area contributed by atoms with Crippen molar-refractivity contribution in [3.05, 3.63) is 57.9 Å². The van der Waals surface area contributed by atoms with Crippen LogP contribution in [-0.2, 0) is 6.54 Å². The zero-order valence-electron chi connectivity index (χ0n) is 16.7. The largest absolute Gasteiger partial charge is 0.465 e. The first-order valence-corrected chi connectivity index (χ1v) is 9.84. The molecule has 1 aromatic carbocycles. The summed E-state index contributed by atoms with van der Waals surface area (Å²) in [5.41, 5.74) is 3.04. The van der Waals surface area contributed by atoms with Gasteiger partial charge in [-0.1, -0.05) is 11.6 Å². The van der Waals surface area contributed by atoms with Gasteiger partial charge in [0.15, 0.2) is 0 Å². The number of halogens is 1. The number of aromatic nitrogens is 1. The number of amides is 2. The number of nitrogens with zero attached hydrogens (tertiary/aromatic N) is 4. The lowest BCUT2D eigenvalue weighted by Gasteiger charge is -2.38. The molecule has 30 heavy (non-hydrogen) atoms. The molecule has 1 fully saturated rings. The van der Waals surface area contributed by atoms with Crippen LogP contribution in [0, 0.1) is 18.3 Å². The first-order chi connectivity index (χ1) is 14.3. The summed E-state index contributed by atoms with van der Waals surface area (Å²) in [4.78, 5) is 31.4. The molecule has 0 aliphatic carbocycles. The van der Waals surface area contributed by atoms with Gasteiger partial charge in [0.1, 0.15) is 11.8 Å². The summed E-state index contributed by atoms with van der Waals surface area (Å²) in [6, 6.07) is 8.41. The average Bonchev–Trinajstić information content (AvgIpc) is 2.71. The lowest BCUT2D eigenvalue weighted by Crippen LogP contribution is -2.53. The summed E-state index contributed by atoms with van der Waals surface area (Å²) in [5, 5.41) is 21.4. The number of carboxylic acid groups (broad SMARTS) is 1. The van der Waals surface area contributed by atoms with Gasteiger partial charge in [-0.25, -0.2) is 9.78 Å². The highest BCUT2D eigenvalue weighted by molar-refractivity contribution is 6.31. The lowest BCUT2D eigenvalue weighted by atomic mass is 10.0. The fourth-order valence-corrected chi connectivity index (χ4v) is 3.76. The van der Waals surface area contributed by atoms with Gasteiger partial charge in [-0.15, -0.1) is 0 Å². The van der Waals surface area contributed by atoms with Crippen molar-refractivity contribution < 1.29 is 14.7 Å². The molecule has 0 unspecified atom stereocenters. The SMILES string of the molecule is Cc1c(CN2CCN(C(=O)O)[C@@H](C)C2)cc(Cl)cc1NC(=O)c1ccc(C#N)nc1. The fourth-order valence-electron chi connectivity index (χ4n) is 3.52. The van der Waals surface area contributed by atoms with E-state index in [0.29, 0.717) is 42.5 Å². The van der Waals surface area contributed by atoms with Crippen LogP contribution in [0.5, 0.6) is 0 Å². The highest BCUT2D eigenvalue weighted by Crippen LogP contribution is 2.27. The number of benzene rings is 1. The number of hydrogen-bond donors (Lipinski definition) is 2. The topological polar surface area (TPSA) is 110 Å². The van der Waals surface area contributed by atoms with E-state index in [2.05, 4.69) is 15.2 Å². The Balaban J connectivity index is 1.74. The number of carbonyl (C=O) groups excluding carboxylic acids is 1. The van der Waals surface area contributed by atoms with Crippen molar-refractivity contribution in [1.29, 1.82) is 5.26 Å². The Bertz CT molecular complexity index is 1000. The lowest BCUT2D eigenvalue weighted by molar-refractivity contribution is 0.0710. The molecule has 0 saturated carbocycles. The Morgan fingerprint density at radius 1 is 1.37 bits per heavy atom. The van der Waals surface area contributed by atoms with Gasteiger partial charge in [-0.05, 0) is 49.2 Å². The molecule has 1 saturated heterocycles. The van der Waals surface area contributed by atoms with E-state index in [4.69, 9.17) is 16.9 Å². The number of nitrogens with one attached hydrogen (secondary N) is 1. The molecule has 8 nitrogen and oxygen atoms in total. The Kier molecular flexibility index (Phi) is 6.55. The summed E-state index contributed by atoms with van der Waals surface area (Å²) in [5.74, 6) is -0.341. The minimum Gasteiger partial charge on any atom is -0.465 e. The van der Waals surface area contributed by atoms with Gasteiger partial charge in [0.25, 0.3) is 5.91 Å². The van der Waals surface area contributed by atoms with Crippen LogP contribution in [0.3, 0.4) is 0 Å². The van der Waals surface area contributed by atoms with E-state index in [1.165, 1.54) is 17.2 Å². The maximum Gasteiger partial charge on any atom is 0.407 e. The predicted molar refractivity (Wildman–Crippen MR) is 113 cm³/mol. The molecule has 1 atom stereocenters. The average molecular weight is 428 g/mol. The first-order valence-electron chi connectivity index (χ1n) is 9.47. The van der Waals surface area contributed by atoms with Gasteiger partial charge in [-0.3, -0.25) is 9.69 Å². The van der Waals surface area contributed by atoms with Crippen molar-refractivity contribution in [3.63, 3.8) is 0 Å². The van der Waals surface area contributed by atoms with E-state index in [0.717, 1.165) is 11.1 Å². The molecule has 1 aliphatic rings. The number of rotatable bonds is 4. The van der Waals surface area contributed by atoms with E-state index in [-0.39, 0.29) is 17.6 Å². The highest BCUT2D eigenvalue weighted by Gasteiger charge is 2.27. The first kappa shape index (κ1) is 21.6.